The number of rotatable bonds is 5. The van der Waals surface area contributed by atoms with Crippen LogP contribution in [0.2, 0.25) is 0 Å². The molecule has 0 aliphatic heterocycles. The highest BCUT2D eigenvalue weighted by Gasteiger charge is 2.09. The maximum Gasteiger partial charge on any atom is 0.320 e. The third kappa shape index (κ3) is 17.6. The van der Waals surface area contributed by atoms with Crippen molar-refractivity contribution in [3.05, 3.63) is 0 Å². The summed E-state index contributed by atoms with van der Waals surface area (Å²) in [7, 11) is 0. The lowest BCUT2D eigenvalue weighted by atomic mass is 10.1. The zero-order chi connectivity index (χ0) is 7.98. The van der Waals surface area contributed by atoms with Gasteiger partial charge in [0.1, 0.15) is 6.04 Å². The smallest absolute Gasteiger partial charge is 0.320 e. The van der Waals surface area contributed by atoms with Gasteiger partial charge in [-0.15, -0.1) is 12.4 Å². The first-order valence-electron chi connectivity index (χ1n) is 3.37. The summed E-state index contributed by atoms with van der Waals surface area (Å²) in [4.78, 5) is 10.1. The van der Waals surface area contributed by atoms with Crippen molar-refractivity contribution >= 4 is 18.4 Å². The van der Waals surface area contributed by atoms with Crippen molar-refractivity contribution in [2.75, 3.05) is 6.54 Å². The summed E-state index contributed by atoms with van der Waals surface area (Å²) in [5.74, 6) is -0.933. The Morgan fingerprint density at radius 1 is 1.21 bits per heavy atom. The Morgan fingerprint density at radius 3 is 1.93 bits per heavy atom. The van der Waals surface area contributed by atoms with Gasteiger partial charge in [0.2, 0.25) is 0 Å². The standard InChI is InChI=1S/C6H14N2O2.ClH.3H2O/c7-4-2-1-3-5(8)6(9)10;;;;/h5H,1-4,7-8H2,(H,9,10);1H;3*1H2/t5-;;;;/m0..../s1. The molecule has 14 heavy (non-hydrogen) atoms. The lowest BCUT2D eigenvalue weighted by molar-refractivity contribution is -0.138. The molecule has 0 unspecified atom stereocenters. The van der Waals surface area contributed by atoms with E-state index in [0.29, 0.717) is 13.0 Å². The molecule has 0 aromatic carbocycles. The molecular formula is C6H21ClN2O5. The van der Waals surface area contributed by atoms with Crippen LogP contribution in [-0.4, -0.2) is 40.1 Å². The molecule has 0 radical (unpaired) electrons. The van der Waals surface area contributed by atoms with Gasteiger partial charge in [-0.05, 0) is 19.4 Å². The Bertz CT molecular complexity index is 116. The second-order valence-corrected chi connectivity index (χ2v) is 2.23. The summed E-state index contributed by atoms with van der Waals surface area (Å²) in [5, 5.41) is 8.33. The Balaban J connectivity index is -0.0000000675. The number of aliphatic carboxylic acids is 1. The van der Waals surface area contributed by atoms with E-state index in [1.165, 1.54) is 0 Å². The molecule has 0 fully saturated rings. The Labute approximate surface area is 88.8 Å². The lowest BCUT2D eigenvalue weighted by Crippen LogP contribution is -2.29. The monoisotopic (exact) mass is 236 g/mol. The number of carbonyl (C=O) groups is 1. The highest BCUT2D eigenvalue weighted by molar-refractivity contribution is 5.85. The predicted octanol–water partition coefficient (Wildman–Crippen LogP) is -2.52. The van der Waals surface area contributed by atoms with E-state index in [9.17, 15) is 4.79 Å². The largest absolute Gasteiger partial charge is 0.480 e. The van der Waals surface area contributed by atoms with E-state index in [1.54, 1.807) is 0 Å². The van der Waals surface area contributed by atoms with E-state index in [-0.39, 0.29) is 28.8 Å². The van der Waals surface area contributed by atoms with Crippen LogP contribution < -0.4 is 11.5 Å². The summed E-state index contributed by atoms with van der Waals surface area (Å²) in [6.07, 6.45) is 2.16. The van der Waals surface area contributed by atoms with E-state index in [4.69, 9.17) is 16.6 Å². The van der Waals surface area contributed by atoms with Crippen molar-refractivity contribution in [3.8, 4) is 0 Å². The van der Waals surface area contributed by atoms with E-state index >= 15 is 0 Å². The Morgan fingerprint density at radius 2 is 1.64 bits per heavy atom. The van der Waals surface area contributed by atoms with Crippen LogP contribution in [0.1, 0.15) is 19.3 Å². The summed E-state index contributed by atoms with van der Waals surface area (Å²) in [6, 6.07) is -0.716. The number of halogens is 1. The van der Waals surface area contributed by atoms with Crippen molar-refractivity contribution in [3.63, 3.8) is 0 Å². The average molecular weight is 237 g/mol. The second-order valence-electron chi connectivity index (χ2n) is 2.23. The third-order valence-corrected chi connectivity index (χ3v) is 1.29. The van der Waals surface area contributed by atoms with E-state index in [0.717, 1.165) is 12.8 Å². The summed E-state index contributed by atoms with van der Waals surface area (Å²) >= 11 is 0. The van der Waals surface area contributed by atoms with E-state index < -0.39 is 12.0 Å². The fourth-order valence-corrected chi connectivity index (χ4v) is 0.632. The van der Waals surface area contributed by atoms with Crippen LogP contribution in [0.15, 0.2) is 0 Å². The molecule has 0 aromatic rings. The Hall–Kier alpha value is -0.440. The van der Waals surface area contributed by atoms with Crippen molar-refractivity contribution in [2.45, 2.75) is 25.3 Å². The normalized spacial score (nSPS) is 9.29. The molecule has 0 saturated carbocycles. The maximum atomic E-state index is 10.1. The van der Waals surface area contributed by atoms with E-state index in [1.807, 2.05) is 0 Å². The summed E-state index contributed by atoms with van der Waals surface area (Å²) in [5.41, 5.74) is 10.4. The first kappa shape index (κ1) is 29.2. The third-order valence-electron chi connectivity index (χ3n) is 1.29. The van der Waals surface area contributed by atoms with Gasteiger partial charge in [-0.2, -0.15) is 0 Å². The van der Waals surface area contributed by atoms with Gasteiger partial charge in [0.05, 0.1) is 0 Å². The molecular weight excluding hydrogens is 216 g/mol. The zero-order valence-electron chi connectivity index (χ0n) is 7.82. The fraction of sp³-hybridized carbons (Fsp3) is 0.833. The minimum absolute atomic E-state index is 0. The Kier molecular flexibility index (Phi) is 38.3. The molecule has 0 rings (SSSR count). The van der Waals surface area contributed by atoms with Crippen LogP contribution in [0.5, 0.6) is 0 Å². The van der Waals surface area contributed by atoms with Gasteiger partial charge in [0.25, 0.3) is 0 Å². The van der Waals surface area contributed by atoms with Crippen molar-refractivity contribution in [1.82, 2.24) is 0 Å². The van der Waals surface area contributed by atoms with Crippen molar-refractivity contribution < 1.29 is 26.3 Å². The van der Waals surface area contributed by atoms with Gasteiger partial charge in [-0.1, -0.05) is 6.42 Å². The van der Waals surface area contributed by atoms with Gasteiger partial charge >= 0.3 is 5.97 Å². The number of carboxylic acid groups (broad SMARTS) is 1. The molecule has 0 heterocycles. The molecule has 0 bridgehead atoms. The minimum Gasteiger partial charge on any atom is -0.480 e. The molecule has 11 N–H and O–H groups in total. The van der Waals surface area contributed by atoms with Gasteiger partial charge in [0.15, 0.2) is 0 Å². The highest BCUT2D eigenvalue weighted by Crippen LogP contribution is 1.96. The zero-order valence-corrected chi connectivity index (χ0v) is 8.64. The van der Waals surface area contributed by atoms with Crippen LogP contribution in [-0.2, 0) is 4.79 Å². The molecule has 7 nitrogen and oxygen atoms in total. The molecule has 0 aromatic heterocycles. The van der Waals surface area contributed by atoms with Crippen molar-refractivity contribution in [2.24, 2.45) is 11.5 Å². The first-order valence-corrected chi connectivity index (χ1v) is 3.37. The maximum absolute atomic E-state index is 10.1. The molecule has 0 aliphatic carbocycles. The SMILES string of the molecule is Cl.NCCCC[C@H](N)C(=O)O.O.O.O. The highest BCUT2D eigenvalue weighted by atomic mass is 35.5. The van der Waals surface area contributed by atoms with Crippen LogP contribution in [0.4, 0.5) is 0 Å². The first-order chi connectivity index (χ1) is 4.68. The number of hydrogen-bond donors (Lipinski definition) is 3. The summed E-state index contributed by atoms with van der Waals surface area (Å²) < 4.78 is 0. The topological polar surface area (TPSA) is 184 Å². The van der Waals surface area contributed by atoms with Gasteiger partial charge < -0.3 is 33.0 Å². The van der Waals surface area contributed by atoms with E-state index in [2.05, 4.69) is 0 Å². The molecule has 1 atom stereocenters. The molecule has 92 valence electrons. The minimum atomic E-state index is -0.933. The number of unbranched alkanes of at least 4 members (excludes halogenated alkanes) is 1. The lowest BCUT2D eigenvalue weighted by Gasteiger charge is -2.03. The number of nitrogens with two attached hydrogens (primary N) is 2. The second kappa shape index (κ2) is 18.4. The molecule has 0 saturated heterocycles. The van der Waals surface area contributed by atoms with Crippen LogP contribution in [0.25, 0.3) is 0 Å². The van der Waals surface area contributed by atoms with Crippen LogP contribution in [0.3, 0.4) is 0 Å². The van der Waals surface area contributed by atoms with Crippen LogP contribution in [0, 0.1) is 0 Å². The average Bonchev–Trinajstić information content (AvgIpc) is 1.88. The summed E-state index contributed by atoms with van der Waals surface area (Å²) in [6.45, 7) is 0.604. The molecule has 8 heteroatoms. The molecule has 0 amide bonds. The van der Waals surface area contributed by atoms with Crippen molar-refractivity contribution in [1.29, 1.82) is 0 Å². The molecule has 0 spiro atoms. The quantitative estimate of drug-likeness (QED) is 0.445. The van der Waals surface area contributed by atoms with Crippen LogP contribution >= 0.6 is 12.4 Å². The molecule has 0 aliphatic rings. The number of carboxylic acids is 1. The van der Waals surface area contributed by atoms with Gasteiger partial charge in [-0.3, -0.25) is 4.79 Å². The van der Waals surface area contributed by atoms with Gasteiger partial charge in [-0.25, -0.2) is 0 Å². The fourth-order valence-electron chi connectivity index (χ4n) is 0.632. The predicted molar refractivity (Wildman–Crippen MR) is 56.6 cm³/mol. The van der Waals surface area contributed by atoms with Gasteiger partial charge in [0, 0.05) is 0 Å². The number of hydrogen-bond acceptors (Lipinski definition) is 3.